The number of halogens is 1. The Morgan fingerprint density at radius 3 is 2.15 bits per heavy atom. The van der Waals surface area contributed by atoms with Crippen molar-refractivity contribution < 1.29 is 22.9 Å². The molecule has 1 unspecified atom stereocenters. The van der Waals surface area contributed by atoms with Gasteiger partial charge < -0.3 is 10.2 Å². The molecule has 10 nitrogen and oxygen atoms in total. The molecule has 2 amide bonds. The zero-order valence-corrected chi connectivity index (χ0v) is 24.6. The van der Waals surface area contributed by atoms with Gasteiger partial charge in [-0.1, -0.05) is 68.8 Å². The van der Waals surface area contributed by atoms with Crippen LogP contribution in [0.1, 0.15) is 32.8 Å². The molecule has 0 saturated heterocycles. The first-order chi connectivity index (χ1) is 19.4. The van der Waals surface area contributed by atoms with E-state index in [1.165, 1.54) is 41.3 Å². The minimum Gasteiger partial charge on any atom is -0.354 e. The van der Waals surface area contributed by atoms with Crippen molar-refractivity contribution in [3.63, 3.8) is 0 Å². The maximum Gasteiger partial charge on any atom is 0.269 e. The summed E-state index contributed by atoms with van der Waals surface area (Å²) in [5, 5.41) is 14.5. The van der Waals surface area contributed by atoms with Crippen LogP contribution >= 0.6 is 11.6 Å². The van der Waals surface area contributed by atoms with E-state index in [1.54, 1.807) is 49.4 Å². The predicted octanol–water partition coefficient (Wildman–Crippen LogP) is 5.02. The van der Waals surface area contributed by atoms with Crippen LogP contribution in [0.3, 0.4) is 0 Å². The summed E-state index contributed by atoms with van der Waals surface area (Å²) < 4.78 is 28.5. The first-order valence-electron chi connectivity index (χ1n) is 13.1. The highest BCUT2D eigenvalue weighted by molar-refractivity contribution is 7.92. The number of nitrogens with zero attached hydrogens (tertiary/aromatic N) is 3. The molecule has 12 heteroatoms. The lowest BCUT2D eigenvalue weighted by Crippen LogP contribution is -2.52. The molecule has 218 valence electrons. The van der Waals surface area contributed by atoms with Gasteiger partial charge in [-0.25, -0.2) is 8.42 Å². The second kappa shape index (κ2) is 14.1. The molecule has 0 saturated carbocycles. The zero-order valence-electron chi connectivity index (χ0n) is 23.1. The van der Waals surface area contributed by atoms with Crippen molar-refractivity contribution in [2.24, 2.45) is 5.92 Å². The molecule has 0 aliphatic carbocycles. The Labute approximate surface area is 245 Å². The lowest BCUT2D eigenvalue weighted by molar-refractivity contribution is -0.384. The minimum atomic E-state index is -4.28. The predicted molar refractivity (Wildman–Crippen MR) is 158 cm³/mol. The first-order valence-corrected chi connectivity index (χ1v) is 14.9. The highest BCUT2D eigenvalue weighted by Crippen LogP contribution is 2.27. The number of hydrogen-bond donors (Lipinski definition) is 1. The number of anilines is 1. The molecular weight excluding hydrogens is 568 g/mol. The Morgan fingerprint density at radius 1 is 0.976 bits per heavy atom. The number of carbonyl (C=O) groups excluding carboxylic acids is 2. The molecule has 3 aromatic rings. The van der Waals surface area contributed by atoms with E-state index >= 15 is 0 Å². The molecule has 0 heterocycles. The second-order valence-electron chi connectivity index (χ2n) is 9.77. The summed E-state index contributed by atoms with van der Waals surface area (Å²) in [6.45, 7) is 5.37. The van der Waals surface area contributed by atoms with E-state index in [4.69, 9.17) is 11.6 Å². The Morgan fingerprint density at radius 2 is 1.59 bits per heavy atom. The number of rotatable bonds is 13. The third-order valence-corrected chi connectivity index (χ3v) is 8.48. The van der Waals surface area contributed by atoms with E-state index in [0.717, 1.165) is 4.31 Å². The van der Waals surface area contributed by atoms with Gasteiger partial charge in [0.1, 0.15) is 12.6 Å². The van der Waals surface area contributed by atoms with Gasteiger partial charge >= 0.3 is 0 Å². The van der Waals surface area contributed by atoms with Crippen LogP contribution < -0.4 is 9.62 Å². The van der Waals surface area contributed by atoms with Crippen molar-refractivity contribution in [2.45, 2.75) is 44.7 Å². The Kier molecular flexibility index (Phi) is 10.8. The van der Waals surface area contributed by atoms with Crippen molar-refractivity contribution in [1.82, 2.24) is 10.2 Å². The molecule has 0 aliphatic heterocycles. The minimum absolute atomic E-state index is 0.0361. The number of sulfonamides is 1. The van der Waals surface area contributed by atoms with Gasteiger partial charge in [0.2, 0.25) is 11.8 Å². The van der Waals surface area contributed by atoms with Crippen LogP contribution in [-0.2, 0) is 26.2 Å². The van der Waals surface area contributed by atoms with Crippen molar-refractivity contribution in [1.29, 1.82) is 0 Å². The molecule has 1 N–H and O–H groups in total. The molecule has 0 radical (unpaired) electrons. The zero-order chi connectivity index (χ0) is 30.2. The molecule has 0 aliphatic rings. The van der Waals surface area contributed by atoms with Crippen molar-refractivity contribution in [3.05, 3.63) is 99.6 Å². The lowest BCUT2D eigenvalue weighted by atomic mass is 10.1. The van der Waals surface area contributed by atoms with Gasteiger partial charge in [0.25, 0.3) is 15.7 Å². The van der Waals surface area contributed by atoms with Crippen LogP contribution in [0, 0.1) is 16.0 Å². The summed E-state index contributed by atoms with van der Waals surface area (Å²) in [6.07, 6.45) is 0.267. The number of carbonyl (C=O) groups is 2. The van der Waals surface area contributed by atoms with Crippen molar-refractivity contribution >= 4 is 44.8 Å². The number of nitro groups is 1. The fraction of sp³-hybridized carbons (Fsp3) is 0.310. The summed E-state index contributed by atoms with van der Waals surface area (Å²) in [5.74, 6) is -0.832. The number of nitrogens with one attached hydrogen (secondary N) is 1. The van der Waals surface area contributed by atoms with E-state index in [9.17, 15) is 28.1 Å². The number of amides is 2. The van der Waals surface area contributed by atoms with E-state index in [0.29, 0.717) is 17.1 Å². The quantitative estimate of drug-likeness (QED) is 0.216. The van der Waals surface area contributed by atoms with E-state index in [-0.39, 0.29) is 41.1 Å². The number of non-ortho nitro benzene ring substituents is 1. The maximum atomic E-state index is 14.0. The topological polar surface area (TPSA) is 130 Å². The fourth-order valence-electron chi connectivity index (χ4n) is 4.14. The summed E-state index contributed by atoms with van der Waals surface area (Å²) in [4.78, 5) is 39.1. The molecule has 3 aromatic carbocycles. The first kappa shape index (κ1) is 31.6. The van der Waals surface area contributed by atoms with Crippen LogP contribution in [0.25, 0.3) is 0 Å². The summed E-state index contributed by atoms with van der Waals surface area (Å²) >= 11 is 6.40. The van der Waals surface area contributed by atoms with E-state index in [1.807, 2.05) is 13.8 Å². The summed E-state index contributed by atoms with van der Waals surface area (Å²) in [7, 11) is -4.28. The smallest absolute Gasteiger partial charge is 0.269 e. The van der Waals surface area contributed by atoms with Crippen LogP contribution in [0.5, 0.6) is 0 Å². The van der Waals surface area contributed by atoms with Gasteiger partial charge in [-0.2, -0.15) is 0 Å². The van der Waals surface area contributed by atoms with Gasteiger partial charge in [0.15, 0.2) is 0 Å². The highest BCUT2D eigenvalue weighted by atomic mass is 35.5. The van der Waals surface area contributed by atoms with Crippen LogP contribution in [-0.4, -0.2) is 49.2 Å². The van der Waals surface area contributed by atoms with Gasteiger partial charge in [-0.3, -0.25) is 24.0 Å². The van der Waals surface area contributed by atoms with Gasteiger partial charge in [0, 0.05) is 30.2 Å². The van der Waals surface area contributed by atoms with Gasteiger partial charge in [0.05, 0.1) is 15.5 Å². The Balaban J connectivity index is 2.06. The molecular formula is C29H33ClN4O6S. The van der Waals surface area contributed by atoms with Crippen LogP contribution in [0.2, 0.25) is 5.02 Å². The SMILES string of the molecule is CCC(C(=O)NCC(C)C)N(Cc1ccccc1Cl)C(=O)CN(c1ccc([N+](=O)[O-])cc1)S(=O)(=O)c1ccccc1. The van der Waals surface area contributed by atoms with Gasteiger partial charge in [-0.15, -0.1) is 0 Å². The maximum absolute atomic E-state index is 14.0. The normalized spacial score (nSPS) is 12.0. The average Bonchev–Trinajstić information content (AvgIpc) is 2.96. The van der Waals surface area contributed by atoms with Crippen LogP contribution in [0.4, 0.5) is 11.4 Å². The lowest BCUT2D eigenvalue weighted by Gasteiger charge is -2.33. The Hall–Kier alpha value is -3.96. The second-order valence-corrected chi connectivity index (χ2v) is 12.0. The Bertz CT molecular complexity index is 1470. The molecule has 0 aromatic heterocycles. The number of nitro benzene ring substituents is 1. The third kappa shape index (κ3) is 8.05. The van der Waals surface area contributed by atoms with Gasteiger partial charge in [-0.05, 0) is 48.2 Å². The third-order valence-electron chi connectivity index (χ3n) is 6.33. The molecule has 0 spiro atoms. The van der Waals surface area contributed by atoms with Crippen molar-refractivity contribution in [2.75, 3.05) is 17.4 Å². The molecule has 1 atom stereocenters. The van der Waals surface area contributed by atoms with Crippen LogP contribution in [0.15, 0.2) is 83.8 Å². The highest BCUT2D eigenvalue weighted by Gasteiger charge is 2.34. The number of benzene rings is 3. The molecule has 0 fully saturated rings. The summed E-state index contributed by atoms with van der Waals surface area (Å²) in [6, 6.07) is 18.4. The standard InChI is InChI=1S/C29H33ClN4O6S/c1-4-27(29(36)31-18-21(2)3)32(19-22-10-8-9-13-26(22)30)28(35)20-33(23-14-16-24(17-15-23)34(37)38)41(39,40)25-11-6-5-7-12-25/h5-17,21,27H,4,18-20H2,1-3H3,(H,31,36). The van der Waals surface area contributed by atoms with Crippen molar-refractivity contribution in [3.8, 4) is 0 Å². The summed E-state index contributed by atoms with van der Waals surface area (Å²) in [5.41, 5.74) is 0.415. The molecule has 3 rings (SSSR count). The fourth-order valence-corrected chi connectivity index (χ4v) is 5.77. The molecule has 0 bridgehead atoms. The molecule has 41 heavy (non-hydrogen) atoms. The monoisotopic (exact) mass is 600 g/mol. The average molecular weight is 601 g/mol. The van der Waals surface area contributed by atoms with E-state index < -0.39 is 33.4 Å². The van der Waals surface area contributed by atoms with E-state index in [2.05, 4.69) is 5.32 Å². The number of hydrogen-bond acceptors (Lipinski definition) is 6. The largest absolute Gasteiger partial charge is 0.354 e.